The van der Waals surface area contributed by atoms with Gasteiger partial charge in [0.05, 0.1) is 14.2 Å². The molecule has 0 saturated carbocycles. The van der Waals surface area contributed by atoms with Gasteiger partial charge in [0.1, 0.15) is 0 Å². The molecule has 3 heteroatoms. The molecule has 122 valence electrons. The lowest BCUT2D eigenvalue weighted by molar-refractivity contribution is 0.185. The van der Waals surface area contributed by atoms with Crippen LogP contribution in [0.2, 0.25) is 0 Å². The largest absolute Gasteiger partial charge is 0.493 e. The molecular weight excluding hydrogens is 286 g/mol. The quantitative estimate of drug-likeness (QED) is 0.840. The van der Waals surface area contributed by atoms with Gasteiger partial charge in [0.15, 0.2) is 11.5 Å². The van der Waals surface area contributed by atoms with Crippen LogP contribution < -0.4 is 9.47 Å². The molecule has 3 rings (SSSR count). The second-order valence-corrected chi connectivity index (χ2v) is 6.47. The highest BCUT2D eigenvalue weighted by molar-refractivity contribution is 5.51. The first kappa shape index (κ1) is 15.9. The van der Waals surface area contributed by atoms with Gasteiger partial charge in [-0.25, -0.2) is 0 Å². The Morgan fingerprint density at radius 3 is 2.61 bits per heavy atom. The Labute approximate surface area is 138 Å². The summed E-state index contributed by atoms with van der Waals surface area (Å²) in [5.41, 5.74) is 6.34. The number of benzene rings is 1. The van der Waals surface area contributed by atoms with E-state index in [9.17, 15) is 0 Å². The van der Waals surface area contributed by atoms with Crippen LogP contribution in [0.3, 0.4) is 0 Å². The first-order chi connectivity index (χ1) is 11.0. The zero-order valence-corrected chi connectivity index (χ0v) is 14.3. The molecule has 1 unspecified atom stereocenters. The average Bonchev–Trinajstić information content (AvgIpc) is 2.53. The third-order valence-electron chi connectivity index (χ3n) is 4.80. The van der Waals surface area contributed by atoms with Crippen molar-refractivity contribution in [3.63, 3.8) is 0 Å². The van der Waals surface area contributed by atoms with Crippen molar-refractivity contribution in [1.82, 2.24) is 4.90 Å². The van der Waals surface area contributed by atoms with E-state index in [0.29, 0.717) is 6.04 Å². The summed E-state index contributed by atoms with van der Waals surface area (Å²) >= 11 is 0. The topological polar surface area (TPSA) is 21.7 Å². The van der Waals surface area contributed by atoms with Gasteiger partial charge in [-0.05, 0) is 54.2 Å². The molecule has 3 nitrogen and oxygen atoms in total. The van der Waals surface area contributed by atoms with Crippen molar-refractivity contribution in [2.24, 2.45) is 0 Å². The van der Waals surface area contributed by atoms with Crippen molar-refractivity contribution < 1.29 is 9.47 Å². The minimum Gasteiger partial charge on any atom is -0.493 e. The van der Waals surface area contributed by atoms with Crippen LogP contribution in [-0.2, 0) is 6.42 Å². The molecule has 1 saturated heterocycles. The number of nitrogens with zero attached hydrogens (tertiary/aromatic N) is 1. The zero-order chi connectivity index (χ0) is 16.6. The standard InChI is InChI=1S/C20H25NO2/c1-13(2)8-16-9-18-17-11-20(23-5)19(22-4)10-15(17)6-7-21(18)12-14(16)3/h8,10-11,18H,1,3,6-7,9,12H2,2,4-5H3/b16-8-. The predicted molar refractivity (Wildman–Crippen MR) is 94.2 cm³/mol. The Balaban J connectivity index is 2.01. The van der Waals surface area contributed by atoms with Crippen LogP contribution in [0.4, 0.5) is 0 Å². The van der Waals surface area contributed by atoms with Crippen LogP contribution in [0.5, 0.6) is 11.5 Å². The first-order valence-electron chi connectivity index (χ1n) is 8.06. The Bertz CT molecular complexity index is 687. The van der Waals surface area contributed by atoms with Crippen molar-refractivity contribution in [2.75, 3.05) is 27.3 Å². The maximum atomic E-state index is 5.50. The summed E-state index contributed by atoms with van der Waals surface area (Å²) in [5.74, 6) is 1.63. The fourth-order valence-corrected chi connectivity index (χ4v) is 3.67. The van der Waals surface area contributed by atoms with Gasteiger partial charge in [0, 0.05) is 19.1 Å². The molecule has 1 aromatic carbocycles. The van der Waals surface area contributed by atoms with Crippen molar-refractivity contribution in [1.29, 1.82) is 0 Å². The summed E-state index contributed by atoms with van der Waals surface area (Å²) in [5, 5.41) is 0. The van der Waals surface area contributed by atoms with E-state index in [-0.39, 0.29) is 0 Å². The fourth-order valence-electron chi connectivity index (χ4n) is 3.67. The van der Waals surface area contributed by atoms with Crippen LogP contribution >= 0.6 is 0 Å². The molecular formula is C20H25NO2. The molecule has 1 aromatic rings. The number of fused-ring (bicyclic) bond motifs is 3. The van der Waals surface area contributed by atoms with E-state index in [0.717, 1.165) is 43.0 Å². The molecule has 2 aliphatic rings. The van der Waals surface area contributed by atoms with E-state index >= 15 is 0 Å². The van der Waals surface area contributed by atoms with E-state index in [1.54, 1.807) is 14.2 Å². The second kappa shape index (κ2) is 6.25. The highest BCUT2D eigenvalue weighted by atomic mass is 16.5. The van der Waals surface area contributed by atoms with Crippen molar-refractivity contribution in [3.8, 4) is 11.5 Å². The van der Waals surface area contributed by atoms with Gasteiger partial charge < -0.3 is 9.47 Å². The van der Waals surface area contributed by atoms with E-state index in [4.69, 9.17) is 9.47 Å². The van der Waals surface area contributed by atoms with Gasteiger partial charge in [0.2, 0.25) is 0 Å². The van der Waals surface area contributed by atoms with Gasteiger partial charge in [-0.15, -0.1) is 0 Å². The molecule has 2 heterocycles. The first-order valence-corrected chi connectivity index (χ1v) is 8.06. The number of rotatable bonds is 3. The molecule has 23 heavy (non-hydrogen) atoms. The maximum Gasteiger partial charge on any atom is 0.161 e. The monoisotopic (exact) mass is 311 g/mol. The Morgan fingerprint density at radius 2 is 1.96 bits per heavy atom. The lowest BCUT2D eigenvalue weighted by Crippen LogP contribution is -2.40. The summed E-state index contributed by atoms with van der Waals surface area (Å²) in [4.78, 5) is 2.52. The summed E-state index contributed by atoms with van der Waals surface area (Å²) in [6.45, 7) is 12.3. The fraction of sp³-hybridized carbons (Fsp3) is 0.400. The number of methoxy groups -OCH3 is 2. The number of allylic oxidation sites excluding steroid dienone is 2. The second-order valence-electron chi connectivity index (χ2n) is 6.47. The van der Waals surface area contributed by atoms with Gasteiger partial charge in [-0.1, -0.05) is 24.8 Å². The highest BCUT2D eigenvalue weighted by Gasteiger charge is 2.33. The van der Waals surface area contributed by atoms with Gasteiger partial charge in [-0.3, -0.25) is 4.90 Å². The number of ether oxygens (including phenoxy) is 2. The maximum absolute atomic E-state index is 5.50. The van der Waals surface area contributed by atoms with Crippen LogP contribution in [0.25, 0.3) is 0 Å². The Hall–Kier alpha value is -2.00. The smallest absolute Gasteiger partial charge is 0.161 e. The van der Waals surface area contributed by atoms with Crippen molar-refractivity contribution in [3.05, 3.63) is 59.2 Å². The van der Waals surface area contributed by atoms with E-state index in [1.165, 1.54) is 22.3 Å². The van der Waals surface area contributed by atoms with Crippen LogP contribution in [-0.4, -0.2) is 32.2 Å². The predicted octanol–water partition coefficient (Wildman–Crippen LogP) is 4.07. The lowest BCUT2D eigenvalue weighted by atomic mass is 9.82. The van der Waals surface area contributed by atoms with Crippen LogP contribution in [0.15, 0.2) is 48.1 Å². The Morgan fingerprint density at radius 1 is 1.26 bits per heavy atom. The van der Waals surface area contributed by atoms with E-state index < -0.39 is 0 Å². The molecule has 0 N–H and O–H groups in total. The molecule has 0 aliphatic carbocycles. The molecule has 1 fully saturated rings. The van der Waals surface area contributed by atoms with Gasteiger partial charge in [0.25, 0.3) is 0 Å². The van der Waals surface area contributed by atoms with Crippen molar-refractivity contribution >= 4 is 0 Å². The number of hydrogen-bond donors (Lipinski definition) is 0. The number of piperidine rings is 1. The molecule has 0 amide bonds. The molecule has 0 bridgehead atoms. The van der Waals surface area contributed by atoms with E-state index in [2.05, 4.69) is 36.3 Å². The minimum absolute atomic E-state index is 0.384. The minimum atomic E-state index is 0.384. The third kappa shape index (κ3) is 2.93. The molecule has 2 aliphatic heterocycles. The number of hydrogen-bond acceptors (Lipinski definition) is 3. The molecule has 0 radical (unpaired) electrons. The van der Waals surface area contributed by atoms with Crippen molar-refractivity contribution in [2.45, 2.75) is 25.8 Å². The molecule has 1 atom stereocenters. The SMILES string of the molecule is C=C(C)/C=C1/CC2c3cc(OC)c(OC)cc3CCN2CC1=C. The summed E-state index contributed by atoms with van der Waals surface area (Å²) in [7, 11) is 3.39. The Kier molecular flexibility index (Phi) is 4.31. The zero-order valence-electron chi connectivity index (χ0n) is 14.3. The van der Waals surface area contributed by atoms with Crippen LogP contribution in [0.1, 0.15) is 30.5 Å². The molecule has 0 spiro atoms. The summed E-state index contributed by atoms with van der Waals surface area (Å²) < 4.78 is 11.0. The third-order valence-corrected chi connectivity index (χ3v) is 4.80. The van der Waals surface area contributed by atoms with E-state index in [1.807, 2.05) is 6.92 Å². The van der Waals surface area contributed by atoms with Gasteiger partial charge in [-0.2, -0.15) is 0 Å². The normalized spacial score (nSPS) is 22.5. The molecule has 0 aromatic heterocycles. The van der Waals surface area contributed by atoms with Crippen LogP contribution in [0, 0.1) is 0 Å². The summed E-state index contributed by atoms with van der Waals surface area (Å²) in [6, 6.07) is 4.67. The van der Waals surface area contributed by atoms with Gasteiger partial charge >= 0.3 is 0 Å². The summed E-state index contributed by atoms with van der Waals surface area (Å²) in [6.07, 6.45) is 4.20. The highest BCUT2D eigenvalue weighted by Crippen LogP contribution is 2.43. The lowest BCUT2D eigenvalue weighted by Gasteiger charge is -2.42. The average molecular weight is 311 g/mol.